The van der Waals surface area contributed by atoms with Gasteiger partial charge in [0.05, 0.1) is 11.8 Å². The van der Waals surface area contributed by atoms with E-state index in [4.69, 9.17) is 4.42 Å². The third-order valence-electron chi connectivity index (χ3n) is 1.94. The van der Waals surface area contributed by atoms with Gasteiger partial charge in [0.15, 0.2) is 0 Å². The number of aromatic amines is 1. The lowest BCUT2D eigenvalue weighted by atomic mass is 10.3. The van der Waals surface area contributed by atoms with Gasteiger partial charge in [-0.15, -0.1) is 10.2 Å². The summed E-state index contributed by atoms with van der Waals surface area (Å²) in [6.07, 6.45) is 2.67. The molecule has 3 N–H and O–H groups in total. The molecule has 0 saturated heterocycles. The van der Waals surface area contributed by atoms with E-state index in [2.05, 4.69) is 26.0 Å². The first kappa shape index (κ1) is 10.9. The lowest BCUT2D eigenvalue weighted by molar-refractivity contribution is 0.0961. The van der Waals surface area contributed by atoms with E-state index in [0.717, 1.165) is 0 Å². The fourth-order valence-corrected chi connectivity index (χ4v) is 1.03. The molecule has 0 spiro atoms. The second-order valence-electron chi connectivity index (χ2n) is 3.18. The molecule has 0 bridgehead atoms. The highest BCUT2D eigenvalue weighted by molar-refractivity contribution is 5.94. The van der Waals surface area contributed by atoms with E-state index in [1.165, 1.54) is 25.5 Å². The number of anilines is 1. The van der Waals surface area contributed by atoms with Crippen LogP contribution in [0.3, 0.4) is 0 Å². The number of nitrogens with one attached hydrogen (secondary N) is 3. The molecular formula is C9H9N5O3. The average molecular weight is 235 g/mol. The van der Waals surface area contributed by atoms with E-state index in [-0.39, 0.29) is 17.2 Å². The average Bonchev–Trinajstić information content (AvgIpc) is 2.84. The van der Waals surface area contributed by atoms with Gasteiger partial charge >= 0.3 is 0 Å². The van der Waals surface area contributed by atoms with Crippen LogP contribution in [0.1, 0.15) is 16.1 Å². The van der Waals surface area contributed by atoms with Crippen molar-refractivity contribution in [1.29, 1.82) is 0 Å². The second-order valence-corrected chi connectivity index (χ2v) is 3.18. The Hall–Kier alpha value is -2.64. The van der Waals surface area contributed by atoms with Crippen molar-refractivity contribution in [3.8, 4) is 0 Å². The van der Waals surface area contributed by atoms with Crippen LogP contribution in [-0.2, 0) is 0 Å². The van der Waals surface area contributed by atoms with Crippen LogP contribution in [0.25, 0.3) is 0 Å². The van der Waals surface area contributed by atoms with Gasteiger partial charge in [-0.2, -0.15) is 0 Å². The Morgan fingerprint density at radius 2 is 2.29 bits per heavy atom. The molecule has 8 heteroatoms. The number of hydrogen-bond donors (Lipinski definition) is 3. The van der Waals surface area contributed by atoms with Crippen molar-refractivity contribution in [2.24, 2.45) is 0 Å². The summed E-state index contributed by atoms with van der Waals surface area (Å²) in [5, 5.41) is 7.23. The minimum atomic E-state index is -0.415. The van der Waals surface area contributed by atoms with Gasteiger partial charge in [0.25, 0.3) is 11.5 Å². The number of amides is 1. The predicted molar refractivity (Wildman–Crippen MR) is 57.2 cm³/mol. The molecule has 2 heterocycles. The van der Waals surface area contributed by atoms with E-state index in [0.29, 0.717) is 5.56 Å². The second kappa shape index (κ2) is 4.47. The van der Waals surface area contributed by atoms with Crippen molar-refractivity contribution in [3.63, 3.8) is 0 Å². The Bertz CT molecular complexity index is 575. The summed E-state index contributed by atoms with van der Waals surface area (Å²) < 4.78 is 4.75. The monoisotopic (exact) mass is 235 g/mol. The molecule has 0 unspecified atom stereocenters. The number of hydrogen-bond acceptors (Lipinski definition) is 6. The number of aryl methyl sites for hydroxylation is 1. The summed E-state index contributed by atoms with van der Waals surface area (Å²) in [5.74, 6) is -0.362. The summed E-state index contributed by atoms with van der Waals surface area (Å²) in [6, 6.07) is 1.50. The molecule has 88 valence electrons. The molecule has 2 aromatic heterocycles. The predicted octanol–water partition coefficient (Wildman–Crippen LogP) is -0.177. The smallest absolute Gasteiger partial charge is 0.274 e. The highest BCUT2D eigenvalue weighted by atomic mass is 16.3. The summed E-state index contributed by atoms with van der Waals surface area (Å²) >= 11 is 0. The van der Waals surface area contributed by atoms with Crippen LogP contribution >= 0.6 is 0 Å². The van der Waals surface area contributed by atoms with Gasteiger partial charge in [-0.1, -0.05) is 0 Å². The summed E-state index contributed by atoms with van der Waals surface area (Å²) in [6.45, 7) is 1.53. The standard InChI is InChI=1S/C9H9N5O3/c1-5-7(15)10-9(13-11-5)14-12-8(16)6-2-3-17-4-6/h2-4H,1H3,(H,12,16)(H2,10,13,14,15). The van der Waals surface area contributed by atoms with Gasteiger partial charge in [-0.25, -0.2) is 0 Å². The number of carbonyl (C=O) groups is 1. The molecule has 0 aliphatic carbocycles. The van der Waals surface area contributed by atoms with Crippen LogP contribution in [0.15, 0.2) is 27.8 Å². The molecule has 2 aromatic rings. The quantitative estimate of drug-likeness (QED) is 0.636. The zero-order chi connectivity index (χ0) is 12.3. The Labute approximate surface area is 95.0 Å². The Kier molecular flexibility index (Phi) is 2.86. The number of H-pyrrole nitrogens is 1. The lowest BCUT2D eigenvalue weighted by Gasteiger charge is -2.04. The SMILES string of the molecule is Cc1nnc(NNC(=O)c2ccoc2)[nH]c1=O. The number of aromatic nitrogens is 3. The Morgan fingerprint density at radius 1 is 1.47 bits per heavy atom. The van der Waals surface area contributed by atoms with E-state index < -0.39 is 5.91 Å². The molecule has 0 atom stereocenters. The van der Waals surface area contributed by atoms with E-state index >= 15 is 0 Å². The lowest BCUT2D eigenvalue weighted by Crippen LogP contribution is -2.31. The number of nitrogens with zero attached hydrogens (tertiary/aromatic N) is 2. The van der Waals surface area contributed by atoms with Gasteiger partial charge < -0.3 is 4.42 Å². The summed E-state index contributed by atoms with van der Waals surface area (Å²) in [4.78, 5) is 25.0. The highest BCUT2D eigenvalue weighted by Gasteiger charge is 2.06. The first-order valence-corrected chi connectivity index (χ1v) is 4.69. The molecule has 0 radical (unpaired) electrons. The Balaban J connectivity index is 2.01. The van der Waals surface area contributed by atoms with Gasteiger partial charge in [-0.05, 0) is 13.0 Å². The van der Waals surface area contributed by atoms with Gasteiger partial charge in [0.1, 0.15) is 12.0 Å². The molecular weight excluding hydrogens is 226 g/mol. The highest BCUT2D eigenvalue weighted by Crippen LogP contribution is 1.99. The van der Waals surface area contributed by atoms with E-state index in [1.807, 2.05) is 0 Å². The van der Waals surface area contributed by atoms with Crippen LogP contribution in [0.2, 0.25) is 0 Å². The molecule has 0 fully saturated rings. The molecule has 0 aromatic carbocycles. The molecule has 0 aliphatic heterocycles. The van der Waals surface area contributed by atoms with Crippen LogP contribution in [0.5, 0.6) is 0 Å². The third kappa shape index (κ3) is 2.48. The summed E-state index contributed by atoms with van der Waals surface area (Å²) in [5.41, 5.74) is 4.98. The topological polar surface area (TPSA) is 113 Å². The molecule has 0 saturated carbocycles. The zero-order valence-electron chi connectivity index (χ0n) is 8.85. The van der Waals surface area contributed by atoms with Gasteiger partial charge in [0.2, 0.25) is 5.95 Å². The van der Waals surface area contributed by atoms with Crippen molar-refractivity contribution in [2.75, 3.05) is 5.43 Å². The van der Waals surface area contributed by atoms with Gasteiger partial charge in [-0.3, -0.25) is 25.4 Å². The Morgan fingerprint density at radius 3 is 2.94 bits per heavy atom. The molecule has 2 rings (SSSR count). The third-order valence-corrected chi connectivity index (χ3v) is 1.94. The number of furan rings is 1. The fraction of sp³-hybridized carbons (Fsp3) is 0.111. The maximum absolute atomic E-state index is 11.5. The van der Waals surface area contributed by atoms with Crippen LogP contribution < -0.4 is 16.4 Å². The molecule has 0 aliphatic rings. The van der Waals surface area contributed by atoms with E-state index in [1.54, 1.807) is 0 Å². The maximum Gasteiger partial charge on any atom is 0.274 e. The fourth-order valence-electron chi connectivity index (χ4n) is 1.03. The number of hydrazine groups is 1. The molecule has 1 amide bonds. The molecule has 8 nitrogen and oxygen atoms in total. The van der Waals surface area contributed by atoms with Crippen molar-refractivity contribution in [2.45, 2.75) is 6.92 Å². The van der Waals surface area contributed by atoms with Crippen LogP contribution in [0.4, 0.5) is 5.95 Å². The number of rotatable bonds is 3. The van der Waals surface area contributed by atoms with Crippen molar-refractivity contribution in [3.05, 3.63) is 40.2 Å². The first-order chi connectivity index (χ1) is 8.16. The van der Waals surface area contributed by atoms with Gasteiger partial charge in [0, 0.05) is 0 Å². The van der Waals surface area contributed by atoms with Crippen molar-refractivity contribution < 1.29 is 9.21 Å². The van der Waals surface area contributed by atoms with Crippen LogP contribution in [-0.4, -0.2) is 21.1 Å². The minimum absolute atomic E-state index is 0.0532. The van der Waals surface area contributed by atoms with Crippen molar-refractivity contribution in [1.82, 2.24) is 20.6 Å². The minimum Gasteiger partial charge on any atom is -0.472 e. The van der Waals surface area contributed by atoms with Crippen LogP contribution in [0, 0.1) is 6.92 Å². The van der Waals surface area contributed by atoms with Crippen molar-refractivity contribution >= 4 is 11.9 Å². The normalized spacial score (nSPS) is 9.94. The van der Waals surface area contributed by atoms with E-state index in [9.17, 15) is 9.59 Å². The molecule has 17 heavy (non-hydrogen) atoms. The number of carbonyl (C=O) groups excluding carboxylic acids is 1. The zero-order valence-corrected chi connectivity index (χ0v) is 8.85. The summed E-state index contributed by atoms with van der Waals surface area (Å²) in [7, 11) is 0. The maximum atomic E-state index is 11.5. The first-order valence-electron chi connectivity index (χ1n) is 4.69. The largest absolute Gasteiger partial charge is 0.472 e.